The number of aryl methyl sites for hydroxylation is 1. The third-order valence-electron chi connectivity index (χ3n) is 6.30. The molecule has 5 rings (SSSR count). The molecule has 3 nitrogen and oxygen atoms in total. The molecule has 1 aliphatic carbocycles. The molecule has 1 N–H and O–H groups in total. The van der Waals surface area contributed by atoms with Crippen molar-refractivity contribution in [3.05, 3.63) is 59.7 Å². The standard InChI is InChI=1S/C22H26N2O/c1-16-9-11-17(12-10-16)13-24-14-18-5-4-6-19(15-24)22(18)23-20-7-2-3-8-21(20)25-22/h2-3,7-12,18-19,23H,4-6,13-15H2,1H3. The Morgan fingerprint density at radius 2 is 1.76 bits per heavy atom. The SMILES string of the molecule is Cc1ccc(CN2CC3CCCC(C2)C32Nc3ccccc3O2)cc1. The molecule has 25 heavy (non-hydrogen) atoms. The van der Waals surface area contributed by atoms with Crippen LogP contribution in [-0.2, 0) is 6.54 Å². The zero-order chi connectivity index (χ0) is 16.9. The summed E-state index contributed by atoms with van der Waals surface area (Å²) in [4.78, 5) is 2.64. The first-order valence-electron chi connectivity index (χ1n) is 9.57. The minimum atomic E-state index is -0.175. The quantitative estimate of drug-likeness (QED) is 0.879. The number of nitrogens with one attached hydrogen (secondary N) is 1. The predicted molar refractivity (Wildman–Crippen MR) is 101 cm³/mol. The number of ether oxygens (including phenoxy) is 1. The largest absolute Gasteiger partial charge is 0.465 e. The summed E-state index contributed by atoms with van der Waals surface area (Å²) in [5.74, 6) is 2.14. The maximum atomic E-state index is 6.58. The van der Waals surface area contributed by atoms with Gasteiger partial charge in [-0.3, -0.25) is 4.90 Å². The Morgan fingerprint density at radius 3 is 2.48 bits per heavy atom. The summed E-state index contributed by atoms with van der Waals surface area (Å²) in [6.07, 6.45) is 3.83. The second kappa shape index (κ2) is 5.77. The number of anilines is 1. The zero-order valence-corrected chi connectivity index (χ0v) is 14.9. The van der Waals surface area contributed by atoms with Crippen LogP contribution in [0.25, 0.3) is 0 Å². The molecule has 2 atom stereocenters. The zero-order valence-electron chi connectivity index (χ0n) is 14.9. The van der Waals surface area contributed by atoms with Crippen LogP contribution >= 0.6 is 0 Å². The molecule has 2 aromatic carbocycles. The van der Waals surface area contributed by atoms with Gasteiger partial charge in [0.05, 0.1) is 5.69 Å². The van der Waals surface area contributed by atoms with Crippen LogP contribution in [0.15, 0.2) is 48.5 Å². The van der Waals surface area contributed by atoms with Crippen LogP contribution in [0, 0.1) is 18.8 Å². The number of hydrogen-bond acceptors (Lipinski definition) is 3. The normalized spacial score (nSPS) is 30.6. The molecule has 1 saturated heterocycles. The van der Waals surface area contributed by atoms with Crippen LogP contribution in [0.2, 0.25) is 0 Å². The highest BCUT2D eigenvalue weighted by atomic mass is 16.5. The minimum absolute atomic E-state index is 0.175. The number of piperidine rings is 1. The van der Waals surface area contributed by atoms with Gasteiger partial charge in [-0.15, -0.1) is 0 Å². The molecule has 2 unspecified atom stereocenters. The van der Waals surface area contributed by atoms with Crippen molar-refractivity contribution in [2.75, 3.05) is 18.4 Å². The van der Waals surface area contributed by atoms with Crippen LogP contribution in [0.4, 0.5) is 5.69 Å². The van der Waals surface area contributed by atoms with E-state index in [2.05, 4.69) is 65.7 Å². The Labute approximate surface area is 150 Å². The van der Waals surface area contributed by atoms with Gasteiger partial charge in [-0.2, -0.15) is 0 Å². The summed E-state index contributed by atoms with van der Waals surface area (Å²) in [5, 5.41) is 3.79. The van der Waals surface area contributed by atoms with Crippen molar-refractivity contribution in [1.29, 1.82) is 0 Å². The van der Waals surface area contributed by atoms with Gasteiger partial charge in [0.15, 0.2) is 5.72 Å². The Kier molecular flexibility index (Phi) is 3.53. The number of hydrogen-bond donors (Lipinski definition) is 1. The van der Waals surface area contributed by atoms with E-state index in [0.29, 0.717) is 11.8 Å². The maximum Gasteiger partial charge on any atom is 0.188 e. The van der Waals surface area contributed by atoms with E-state index in [1.54, 1.807) is 0 Å². The maximum absolute atomic E-state index is 6.58. The van der Waals surface area contributed by atoms with Crippen molar-refractivity contribution in [2.24, 2.45) is 11.8 Å². The van der Waals surface area contributed by atoms with Gasteiger partial charge in [0.1, 0.15) is 5.75 Å². The molecule has 2 aliphatic heterocycles. The van der Waals surface area contributed by atoms with E-state index in [0.717, 1.165) is 25.4 Å². The molecule has 130 valence electrons. The van der Waals surface area contributed by atoms with Crippen LogP contribution in [0.3, 0.4) is 0 Å². The smallest absolute Gasteiger partial charge is 0.188 e. The van der Waals surface area contributed by atoms with Gasteiger partial charge in [-0.05, 0) is 37.5 Å². The van der Waals surface area contributed by atoms with Crippen LogP contribution in [0.5, 0.6) is 5.75 Å². The molecule has 2 heterocycles. The molecule has 2 fully saturated rings. The molecule has 3 aliphatic rings. The molecular formula is C22H26N2O. The molecule has 1 saturated carbocycles. The Bertz CT molecular complexity index is 729. The van der Waals surface area contributed by atoms with E-state index < -0.39 is 0 Å². The lowest BCUT2D eigenvalue weighted by Crippen LogP contribution is -2.65. The van der Waals surface area contributed by atoms with Crippen molar-refractivity contribution in [3.63, 3.8) is 0 Å². The lowest BCUT2D eigenvalue weighted by molar-refractivity contribution is -0.0952. The van der Waals surface area contributed by atoms with Crippen molar-refractivity contribution >= 4 is 5.69 Å². The Morgan fingerprint density at radius 1 is 1.04 bits per heavy atom. The van der Waals surface area contributed by atoms with E-state index >= 15 is 0 Å². The van der Waals surface area contributed by atoms with E-state index in [-0.39, 0.29) is 5.72 Å². The molecule has 1 spiro atoms. The molecule has 0 radical (unpaired) electrons. The van der Waals surface area contributed by atoms with E-state index in [9.17, 15) is 0 Å². The van der Waals surface area contributed by atoms with Gasteiger partial charge in [-0.1, -0.05) is 48.4 Å². The molecule has 0 amide bonds. The van der Waals surface area contributed by atoms with Gasteiger partial charge in [0, 0.05) is 31.5 Å². The molecular weight excluding hydrogens is 308 g/mol. The van der Waals surface area contributed by atoms with E-state index in [1.165, 1.54) is 36.1 Å². The highest BCUT2D eigenvalue weighted by Crippen LogP contribution is 2.51. The third kappa shape index (κ3) is 2.53. The number of para-hydroxylation sites is 2. The summed E-state index contributed by atoms with van der Waals surface area (Å²) < 4.78 is 6.58. The molecule has 0 aromatic heterocycles. The summed E-state index contributed by atoms with van der Waals surface area (Å²) in [6.45, 7) is 5.44. The average Bonchev–Trinajstić information content (AvgIpc) is 2.97. The fraction of sp³-hybridized carbons (Fsp3) is 0.455. The average molecular weight is 334 g/mol. The minimum Gasteiger partial charge on any atom is -0.465 e. The third-order valence-corrected chi connectivity index (χ3v) is 6.30. The van der Waals surface area contributed by atoms with Gasteiger partial charge in [-0.25, -0.2) is 0 Å². The first-order valence-corrected chi connectivity index (χ1v) is 9.57. The Hall–Kier alpha value is -2.00. The van der Waals surface area contributed by atoms with Gasteiger partial charge < -0.3 is 10.1 Å². The van der Waals surface area contributed by atoms with Crippen LogP contribution < -0.4 is 10.1 Å². The number of likely N-dealkylation sites (tertiary alicyclic amines) is 1. The number of nitrogens with zero attached hydrogens (tertiary/aromatic N) is 1. The topological polar surface area (TPSA) is 24.5 Å². The Balaban J connectivity index is 1.37. The molecule has 2 bridgehead atoms. The fourth-order valence-electron chi connectivity index (χ4n) is 5.05. The molecule has 3 heteroatoms. The highest BCUT2D eigenvalue weighted by Gasteiger charge is 2.56. The number of fused-ring (bicyclic) bond motifs is 1. The lowest BCUT2D eigenvalue weighted by atomic mass is 9.70. The van der Waals surface area contributed by atoms with Gasteiger partial charge >= 0.3 is 0 Å². The van der Waals surface area contributed by atoms with E-state index in [1.807, 2.05) is 0 Å². The first kappa shape index (κ1) is 15.3. The second-order valence-electron chi connectivity index (χ2n) is 8.02. The van der Waals surface area contributed by atoms with Crippen LogP contribution in [-0.4, -0.2) is 23.7 Å². The van der Waals surface area contributed by atoms with Crippen molar-refractivity contribution in [2.45, 2.75) is 38.5 Å². The predicted octanol–water partition coefficient (Wildman–Crippen LogP) is 4.43. The summed E-state index contributed by atoms with van der Waals surface area (Å²) in [6, 6.07) is 17.4. The first-order chi connectivity index (χ1) is 12.2. The van der Waals surface area contributed by atoms with Gasteiger partial charge in [0.25, 0.3) is 0 Å². The number of benzene rings is 2. The van der Waals surface area contributed by atoms with Crippen molar-refractivity contribution < 1.29 is 4.74 Å². The van der Waals surface area contributed by atoms with E-state index in [4.69, 9.17) is 4.74 Å². The summed E-state index contributed by atoms with van der Waals surface area (Å²) in [7, 11) is 0. The number of rotatable bonds is 2. The summed E-state index contributed by atoms with van der Waals surface area (Å²) >= 11 is 0. The molecule has 2 aromatic rings. The van der Waals surface area contributed by atoms with Crippen molar-refractivity contribution in [1.82, 2.24) is 4.90 Å². The van der Waals surface area contributed by atoms with Crippen molar-refractivity contribution in [3.8, 4) is 5.75 Å². The summed E-state index contributed by atoms with van der Waals surface area (Å²) in [5.41, 5.74) is 3.75. The van der Waals surface area contributed by atoms with Crippen LogP contribution in [0.1, 0.15) is 30.4 Å². The monoisotopic (exact) mass is 334 g/mol. The second-order valence-corrected chi connectivity index (χ2v) is 8.02. The fourth-order valence-corrected chi connectivity index (χ4v) is 5.05. The lowest BCUT2D eigenvalue weighted by Gasteiger charge is -2.53. The highest BCUT2D eigenvalue weighted by molar-refractivity contribution is 5.62. The van der Waals surface area contributed by atoms with Gasteiger partial charge in [0.2, 0.25) is 0 Å².